The van der Waals surface area contributed by atoms with Crippen LogP contribution in [-0.2, 0) is 4.79 Å². The van der Waals surface area contributed by atoms with Crippen LogP contribution in [0.1, 0.15) is 65.2 Å². The molecule has 4 aliphatic carbocycles. The van der Waals surface area contributed by atoms with Crippen molar-refractivity contribution >= 4 is 21.7 Å². The maximum absolute atomic E-state index is 13.3. The number of carbonyl (C=O) groups is 1. The van der Waals surface area contributed by atoms with Gasteiger partial charge in [-0.25, -0.2) is 0 Å². The van der Waals surface area contributed by atoms with Crippen molar-refractivity contribution in [3.63, 3.8) is 0 Å². The molecule has 3 heteroatoms. The lowest BCUT2D eigenvalue weighted by Crippen LogP contribution is -2.60. The zero-order chi connectivity index (χ0) is 15.7. The number of fused-ring (bicyclic) bond motifs is 5. The third-order valence-electron chi connectivity index (χ3n) is 8.22. The molecule has 4 aliphatic rings. The number of hydrogen-bond acceptors (Lipinski definition) is 2. The van der Waals surface area contributed by atoms with Crippen LogP contribution in [0.15, 0.2) is 0 Å². The molecule has 8 atom stereocenters. The molecule has 0 aromatic heterocycles. The van der Waals surface area contributed by atoms with Crippen LogP contribution >= 0.6 is 15.9 Å². The summed E-state index contributed by atoms with van der Waals surface area (Å²) in [6, 6.07) is 0. The number of rotatable bonds is 0. The van der Waals surface area contributed by atoms with Gasteiger partial charge < -0.3 is 5.11 Å². The molecular weight excluding hydrogens is 340 g/mol. The van der Waals surface area contributed by atoms with Gasteiger partial charge in [0.1, 0.15) is 0 Å². The molecule has 0 aliphatic heterocycles. The van der Waals surface area contributed by atoms with E-state index in [9.17, 15) is 9.90 Å². The molecule has 0 unspecified atom stereocenters. The quantitative estimate of drug-likeness (QED) is 0.646. The number of halogens is 1. The summed E-state index contributed by atoms with van der Waals surface area (Å²) in [6.45, 7) is 4.73. The van der Waals surface area contributed by atoms with Crippen molar-refractivity contribution in [2.45, 2.75) is 76.1 Å². The minimum absolute atomic E-state index is 0.0520. The minimum Gasteiger partial charge on any atom is -0.393 e. The van der Waals surface area contributed by atoms with Crippen LogP contribution < -0.4 is 0 Å². The van der Waals surface area contributed by atoms with Crippen molar-refractivity contribution in [2.75, 3.05) is 0 Å². The molecule has 22 heavy (non-hydrogen) atoms. The van der Waals surface area contributed by atoms with Gasteiger partial charge in [-0.2, -0.15) is 0 Å². The Kier molecular flexibility index (Phi) is 3.59. The third-order valence-corrected chi connectivity index (χ3v) is 9.72. The number of aliphatic hydroxyl groups is 1. The lowest BCUT2D eigenvalue weighted by atomic mass is 9.45. The number of hydrogen-bond donors (Lipinski definition) is 1. The topological polar surface area (TPSA) is 37.3 Å². The van der Waals surface area contributed by atoms with Crippen LogP contribution in [0.2, 0.25) is 0 Å². The zero-order valence-corrected chi connectivity index (χ0v) is 15.4. The lowest BCUT2D eigenvalue weighted by molar-refractivity contribution is -0.157. The van der Waals surface area contributed by atoms with Gasteiger partial charge in [0.2, 0.25) is 0 Å². The first-order valence-electron chi connectivity index (χ1n) is 9.24. The fourth-order valence-electron chi connectivity index (χ4n) is 6.99. The first-order valence-corrected chi connectivity index (χ1v) is 10.2. The second kappa shape index (κ2) is 5.05. The maximum atomic E-state index is 13.3. The normalized spacial score (nSPS) is 57.9. The molecule has 4 saturated carbocycles. The van der Waals surface area contributed by atoms with Gasteiger partial charge in [0.25, 0.3) is 0 Å². The summed E-state index contributed by atoms with van der Waals surface area (Å²) in [5.41, 5.74) is 0.324. The minimum atomic E-state index is -0.134. The molecule has 4 fully saturated rings. The van der Waals surface area contributed by atoms with Gasteiger partial charge in [0, 0.05) is 5.92 Å². The van der Waals surface area contributed by atoms with E-state index in [1.807, 2.05) is 0 Å². The number of carbonyl (C=O) groups excluding carboxylic acids is 1. The second-order valence-corrected chi connectivity index (χ2v) is 10.0. The van der Waals surface area contributed by atoms with E-state index in [2.05, 4.69) is 29.8 Å². The summed E-state index contributed by atoms with van der Waals surface area (Å²) >= 11 is 3.83. The first kappa shape index (κ1) is 15.6. The third kappa shape index (κ3) is 1.90. The number of alkyl halides is 1. The summed E-state index contributed by atoms with van der Waals surface area (Å²) in [5, 5.41) is 10.1. The van der Waals surface area contributed by atoms with Gasteiger partial charge in [-0.1, -0.05) is 36.2 Å². The van der Waals surface area contributed by atoms with Gasteiger partial charge in [0.15, 0.2) is 5.78 Å². The smallest absolute Gasteiger partial charge is 0.150 e. The Bertz CT molecular complexity index is 492. The van der Waals surface area contributed by atoms with E-state index in [1.54, 1.807) is 0 Å². The van der Waals surface area contributed by atoms with E-state index < -0.39 is 0 Å². The molecule has 2 nitrogen and oxygen atoms in total. The van der Waals surface area contributed by atoms with E-state index >= 15 is 0 Å². The molecule has 0 bridgehead atoms. The Morgan fingerprint density at radius 2 is 1.86 bits per heavy atom. The molecule has 0 aromatic rings. The maximum Gasteiger partial charge on any atom is 0.150 e. The highest BCUT2D eigenvalue weighted by Crippen LogP contribution is 2.66. The predicted molar refractivity (Wildman–Crippen MR) is 90.8 cm³/mol. The Labute approximate surface area is 142 Å². The van der Waals surface area contributed by atoms with E-state index in [1.165, 1.54) is 32.1 Å². The predicted octanol–water partition coefficient (Wildman–Crippen LogP) is 4.33. The average molecular weight is 369 g/mol. The highest BCUT2D eigenvalue weighted by Gasteiger charge is 2.64. The first-order chi connectivity index (χ1) is 10.4. The van der Waals surface area contributed by atoms with Crippen molar-refractivity contribution in [2.24, 2.45) is 34.5 Å². The number of aliphatic hydroxyl groups excluding tert-OH is 1. The van der Waals surface area contributed by atoms with Crippen LogP contribution in [0.5, 0.6) is 0 Å². The Balaban J connectivity index is 1.73. The molecule has 0 amide bonds. The van der Waals surface area contributed by atoms with Crippen molar-refractivity contribution in [3.05, 3.63) is 0 Å². The number of Topliss-reactive ketones (excluding diaryl/α,β-unsaturated/α-hetero) is 1. The van der Waals surface area contributed by atoms with Crippen molar-refractivity contribution in [1.29, 1.82) is 0 Å². The fourth-order valence-corrected chi connectivity index (χ4v) is 7.84. The van der Waals surface area contributed by atoms with E-state index in [-0.39, 0.29) is 27.7 Å². The zero-order valence-electron chi connectivity index (χ0n) is 13.9. The monoisotopic (exact) mass is 368 g/mol. The lowest BCUT2D eigenvalue weighted by Gasteiger charge is -2.60. The Morgan fingerprint density at radius 3 is 2.64 bits per heavy atom. The summed E-state index contributed by atoms with van der Waals surface area (Å²) in [5.74, 6) is 2.61. The van der Waals surface area contributed by atoms with Gasteiger partial charge in [-0.05, 0) is 73.5 Å². The standard InChI is InChI=1S/C19H29BrO2/c1-18-9-7-12(21)10-11(18)5-6-13-14-4-3-8-19(14,2)17(20)16(22)15(13)18/h11-15,17,21H,3-10H2,1-2H3/t11-,12+,13-,14+,15+,17-,18-,19-/m0/s1. The van der Waals surface area contributed by atoms with Crippen molar-refractivity contribution in [1.82, 2.24) is 0 Å². The summed E-state index contributed by atoms with van der Waals surface area (Å²) < 4.78 is 0. The SMILES string of the molecule is C[C@]12CCC[C@@H]1[C@@H]1CC[C@H]3C[C@H](O)CC[C@]3(C)[C@H]1C(=O)[C@@H]2Br. The van der Waals surface area contributed by atoms with E-state index in [0.29, 0.717) is 17.6 Å². The van der Waals surface area contributed by atoms with Crippen LogP contribution in [0.4, 0.5) is 0 Å². The molecule has 0 radical (unpaired) electrons. The molecule has 124 valence electrons. The highest BCUT2D eigenvalue weighted by molar-refractivity contribution is 9.10. The van der Waals surface area contributed by atoms with Gasteiger partial charge >= 0.3 is 0 Å². The van der Waals surface area contributed by atoms with Gasteiger partial charge in [0.05, 0.1) is 10.9 Å². The molecule has 0 spiro atoms. The Hall–Kier alpha value is 0.110. The molecule has 0 aromatic carbocycles. The average Bonchev–Trinajstić information content (AvgIpc) is 2.88. The van der Waals surface area contributed by atoms with Crippen LogP contribution in [0, 0.1) is 34.5 Å². The Morgan fingerprint density at radius 1 is 1.09 bits per heavy atom. The second-order valence-electron chi connectivity index (χ2n) is 9.12. The summed E-state index contributed by atoms with van der Waals surface area (Å²) in [6.07, 6.45) is 8.96. The van der Waals surface area contributed by atoms with E-state index in [4.69, 9.17) is 0 Å². The molecule has 0 heterocycles. The van der Waals surface area contributed by atoms with Gasteiger partial charge in [-0.15, -0.1) is 0 Å². The molecule has 4 rings (SSSR count). The van der Waals surface area contributed by atoms with E-state index in [0.717, 1.165) is 25.2 Å². The largest absolute Gasteiger partial charge is 0.393 e. The van der Waals surface area contributed by atoms with Crippen LogP contribution in [0.3, 0.4) is 0 Å². The van der Waals surface area contributed by atoms with Crippen molar-refractivity contribution < 1.29 is 9.90 Å². The fraction of sp³-hybridized carbons (Fsp3) is 0.947. The molecule has 1 N–H and O–H groups in total. The summed E-state index contributed by atoms with van der Waals surface area (Å²) in [4.78, 5) is 13.4. The molecular formula is C19H29BrO2. The van der Waals surface area contributed by atoms with Crippen molar-refractivity contribution in [3.8, 4) is 0 Å². The highest BCUT2D eigenvalue weighted by atomic mass is 79.9. The molecule has 0 saturated heterocycles. The summed E-state index contributed by atoms with van der Waals surface area (Å²) in [7, 11) is 0. The van der Waals surface area contributed by atoms with Crippen LogP contribution in [-0.4, -0.2) is 21.8 Å². The van der Waals surface area contributed by atoms with Gasteiger partial charge in [-0.3, -0.25) is 4.79 Å². The van der Waals surface area contributed by atoms with Crippen LogP contribution in [0.25, 0.3) is 0 Å². The number of ketones is 1.